The molecule has 11 atom stereocenters. The zero-order valence-corrected chi connectivity index (χ0v) is 25.9. The van der Waals surface area contributed by atoms with Crippen molar-refractivity contribution < 1.29 is 23.5 Å². The van der Waals surface area contributed by atoms with Crippen LogP contribution in [0.15, 0.2) is 41.6 Å². The first-order valence-corrected chi connectivity index (χ1v) is 16.0. The molecule has 4 aliphatic carbocycles. The highest BCUT2D eigenvalue weighted by Gasteiger charge is 2.81. The molecule has 3 saturated carbocycles. The number of rotatable bonds is 5. The molecule has 6 aliphatic rings. The largest absolute Gasteiger partial charge is 0.458 e. The van der Waals surface area contributed by atoms with Gasteiger partial charge in [0.05, 0.1) is 22.8 Å². The van der Waals surface area contributed by atoms with E-state index < -0.39 is 17.2 Å². The molecule has 42 heavy (non-hydrogen) atoms. The highest BCUT2D eigenvalue weighted by Crippen LogP contribution is 2.74. The number of halogens is 1. The van der Waals surface area contributed by atoms with E-state index in [9.17, 15) is 9.59 Å². The topological polar surface area (TPSA) is 72.0 Å². The summed E-state index contributed by atoms with van der Waals surface area (Å²) in [6.07, 6.45) is 7.21. The number of allylic oxidation sites excluding steroid dienone is 1. The minimum Gasteiger partial charge on any atom is -0.458 e. The molecule has 4 fully saturated rings. The van der Waals surface area contributed by atoms with Gasteiger partial charge in [-0.15, -0.1) is 0 Å². The van der Waals surface area contributed by atoms with Crippen LogP contribution in [0.4, 0.5) is 4.39 Å². The van der Waals surface area contributed by atoms with Crippen molar-refractivity contribution in [1.29, 1.82) is 0 Å². The smallest absolute Gasteiger partial charge is 0.335 e. The Kier molecular flexibility index (Phi) is 6.46. The maximum absolute atomic E-state index is 16.1. The fraction of sp³-hybridized carbons (Fsp3) is 0.686. The first-order chi connectivity index (χ1) is 19.9. The Balaban J connectivity index is 1.16. The molecule has 0 amide bonds. The van der Waals surface area contributed by atoms with E-state index in [1.54, 1.807) is 6.20 Å². The third kappa shape index (κ3) is 3.71. The van der Waals surface area contributed by atoms with Crippen molar-refractivity contribution in [3.05, 3.63) is 47.3 Å². The number of epoxide rings is 1. The number of nitrogens with zero attached hydrogens (tertiary/aromatic N) is 2. The van der Waals surface area contributed by atoms with E-state index in [2.05, 4.69) is 25.8 Å². The molecule has 3 heterocycles. The number of hydrogen-bond donors (Lipinski definition) is 0. The standard InChI is InChI=1S/C35H45FN2O4/c1-19-15-28(41-32(40)23(19)18-38(5)6)20(2)24-10-11-25-21-17-30-35(42-30)29(36)16-22(27-9-7-8-14-37-27)31(39)34(35,4)26(21)12-13-33(24,25)3/h7-9,14,16,20-21,24-26,28-30H,10-13,15,17-18H2,1-6H3/t20-,21-,24+,25-,26-,28+,29+,30+,33+,34-,35?/m0/s1. The second-order valence-electron chi connectivity index (χ2n) is 15.0. The minimum absolute atomic E-state index is 0.00345. The number of fused-ring (bicyclic) bond motifs is 4. The van der Waals surface area contributed by atoms with Gasteiger partial charge in [-0.25, -0.2) is 9.18 Å². The maximum atomic E-state index is 16.1. The van der Waals surface area contributed by atoms with Gasteiger partial charge in [0.2, 0.25) is 0 Å². The van der Waals surface area contributed by atoms with E-state index in [0.717, 1.165) is 49.7 Å². The molecule has 2 aliphatic heterocycles. The summed E-state index contributed by atoms with van der Waals surface area (Å²) in [5.41, 5.74) is 1.06. The average molecular weight is 577 g/mol. The van der Waals surface area contributed by atoms with E-state index in [0.29, 0.717) is 35.6 Å². The van der Waals surface area contributed by atoms with Crippen LogP contribution in [0.5, 0.6) is 0 Å². The Morgan fingerprint density at radius 3 is 2.62 bits per heavy atom. The lowest BCUT2D eigenvalue weighted by atomic mass is 9.44. The number of pyridine rings is 1. The van der Waals surface area contributed by atoms with Gasteiger partial charge in [-0.3, -0.25) is 9.78 Å². The van der Waals surface area contributed by atoms with Gasteiger partial charge in [-0.2, -0.15) is 0 Å². The number of ether oxygens (including phenoxy) is 2. The van der Waals surface area contributed by atoms with Crippen molar-refractivity contribution in [2.75, 3.05) is 20.6 Å². The fourth-order valence-corrected chi connectivity index (χ4v) is 10.8. The summed E-state index contributed by atoms with van der Waals surface area (Å²) in [5, 5.41) is 0. The Hall–Kier alpha value is -2.38. The summed E-state index contributed by atoms with van der Waals surface area (Å²) in [7, 11) is 3.95. The lowest BCUT2D eigenvalue weighted by Crippen LogP contribution is -2.63. The minimum atomic E-state index is -1.32. The zero-order chi connectivity index (χ0) is 29.8. The molecule has 1 aromatic heterocycles. The molecule has 0 bridgehead atoms. The van der Waals surface area contributed by atoms with Crippen LogP contribution >= 0.6 is 0 Å². The summed E-state index contributed by atoms with van der Waals surface area (Å²) < 4.78 is 28.5. The molecule has 0 aromatic carbocycles. The highest BCUT2D eigenvalue weighted by atomic mass is 19.1. The van der Waals surface area contributed by atoms with Crippen LogP contribution in [0.25, 0.3) is 5.57 Å². The second kappa shape index (κ2) is 9.56. The first kappa shape index (κ1) is 28.4. The number of hydrogen-bond acceptors (Lipinski definition) is 6. The monoisotopic (exact) mass is 576 g/mol. The van der Waals surface area contributed by atoms with Crippen LogP contribution in [-0.2, 0) is 19.1 Å². The van der Waals surface area contributed by atoms with E-state index in [1.807, 2.05) is 44.1 Å². The van der Waals surface area contributed by atoms with Crippen molar-refractivity contribution in [3.8, 4) is 0 Å². The first-order valence-electron chi connectivity index (χ1n) is 16.0. The number of esters is 1. The third-order valence-corrected chi connectivity index (χ3v) is 12.9. The number of ketones is 1. The number of carbonyl (C=O) groups excluding carboxylic acids is 2. The van der Waals surface area contributed by atoms with Crippen LogP contribution in [0.3, 0.4) is 0 Å². The quantitative estimate of drug-likeness (QED) is 0.325. The normalized spacial score (nSPS) is 45.0. The van der Waals surface area contributed by atoms with Gasteiger partial charge in [0.25, 0.3) is 0 Å². The van der Waals surface area contributed by atoms with Gasteiger partial charge in [0, 0.05) is 24.7 Å². The van der Waals surface area contributed by atoms with Crippen molar-refractivity contribution in [2.24, 2.45) is 40.4 Å². The highest BCUT2D eigenvalue weighted by molar-refractivity contribution is 6.24. The predicted octanol–water partition coefficient (Wildman–Crippen LogP) is 5.82. The van der Waals surface area contributed by atoms with E-state index >= 15 is 4.39 Å². The van der Waals surface area contributed by atoms with E-state index in [-0.39, 0.29) is 41.2 Å². The number of cyclic esters (lactones) is 1. The molecule has 1 unspecified atom stereocenters. The van der Waals surface area contributed by atoms with Crippen LogP contribution in [0, 0.1) is 40.4 Å². The lowest BCUT2D eigenvalue weighted by molar-refractivity contribution is -0.154. The van der Waals surface area contributed by atoms with Crippen LogP contribution in [0.1, 0.15) is 71.9 Å². The average Bonchev–Trinajstić information content (AvgIpc) is 3.59. The molecule has 1 saturated heterocycles. The number of carbonyl (C=O) groups is 2. The molecule has 1 spiro atoms. The molecule has 6 nitrogen and oxygen atoms in total. The number of likely N-dealkylation sites (N-methyl/N-ethyl adjacent to an activating group) is 1. The van der Waals surface area contributed by atoms with Crippen LogP contribution in [-0.4, -0.2) is 66.3 Å². The molecule has 1 aromatic rings. The molecule has 7 heteroatoms. The molecular formula is C35H45FN2O4. The zero-order valence-electron chi connectivity index (χ0n) is 25.9. The third-order valence-electron chi connectivity index (χ3n) is 12.9. The molecule has 7 rings (SSSR count). The predicted molar refractivity (Wildman–Crippen MR) is 158 cm³/mol. The van der Waals surface area contributed by atoms with Gasteiger partial charge in [-0.05, 0) is 113 Å². The molecule has 0 N–H and O–H groups in total. The number of aromatic nitrogens is 1. The lowest BCUT2D eigenvalue weighted by Gasteiger charge is -2.58. The van der Waals surface area contributed by atoms with Gasteiger partial charge >= 0.3 is 5.97 Å². The summed E-state index contributed by atoms with van der Waals surface area (Å²) in [6.45, 7) is 9.43. The van der Waals surface area contributed by atoms with E-state index in [4.69, 9.17) is 9.47 Å². The van der Waals surface area contributed by atoms with Gasteiger partial charge in [-0.1, -0.05) is 25.5 Å². The van der Waals surface area contributed by atoms with Crippen molar-refractivity contribution in [2.45, 2.75) is 90.2 Å². The summed E-state index contributed by atoms with van der Waals surface area (Å²) >= 11 is 0. The van der Waals surface area contributed by atoms with Gasteiger partial charge in [0.15, 0.2) is 12.0 Å². The van der Waals surface area contributed by atoms with Gasteiger partial charge in [0.1, 0.15) is 11.7 Å². The van der Waals surface area contributed by atoms with Crippen molar-refractivity contribution in [3.63, 3.8) is 0 Å². The summed E-state index contributed by atoms with van der Waals surface area (Å²) in [4.78, 5) is 33.9. The Labute approximate surface area is 249 Å². The second-order valence-corrected chi connectivity index (χ2v) is 15.0. The number of alkyl halides is 1. The Bertz CT molecular complexity index is 1370. The SMILES string of the molecule is CC1=C(CN(C)C)C(=O)O[C@@H]([C@@H](C)[C@H]2CC[C@H]3[C@@H]4C[C@H]5OC56[C@H](F)C=C(c5ccccn5)C(=O)[C@]6(C)[C@H]4CC[C@]23C)C1. The Morgan fingerprint density at radius 1 is 1.14 bits per heavy atom. The van der Waals surface area contributed by atoms with Crippen LogP contribution < -0.4 is 0 Å². The molecular weight excluding hydrogens is 531 g/mol. The molecule has 226 valence electrons. The molecule has 0 radical (unpaired) electrons. The summed E-state index contributed by atoms with van der Waals surface area (Å²) in [5.74, 6) is 1.35. The Morgan fingerprint density at radius 2 is 1.93 bits per heavy atom. The van der Waals surface area contributed by atoms with Gasteiger partial charge < -0.3 is 14.4 Å². The van der Waals surface area contributed by atoms with Crippen LogP contribution in [0.2, 0.25) is 0 Å². The maximum Gasteiger partial charge on any atom is 0.335 e. The number of Topliss-reactive ketones (excluding diaryl/α,β-unsaturated/α-hetero) is 1. The fourth-order valence-electron chi connectivity index (χ4n) is 10.8. The van der Waals surface area contributed by atoms with Crippen molar-refractivity contribution in [1.82, 2.24) is 9.88 Å². The van der Waals surface area contributed by atoms with E-state index in [1.165, 1.54) is 6.08 Å². The summed E-state index contributed by atoms with van der Waals surface area (Å²) in [6, 6.07) is 5.48. The van der Waals surface area contributed by atoms with Crippen molar-refractivity contribution >= 4 is 17.3 Å².